The molecule has 2 aliphatic heterocycles. The van der Waals surface area contributed by atoms with E-state index in [2.05, 4.69) is 16.0 Å². The average Bonchev–Trinajstić information content (AvgIpc) is 2.97. The normalized spacial score (nSPS) is 30.4. The van der Waals surface area contributed by atoms with E-state index >= 15 is 0 Å². The van der Waals surface area contributed by atoms with Gasteiger partial charge in [-0.3, -0.25) is 14.7 Å². The molecule has 1 atom stereocenters. The second kappa shape index (κ2) is 7.84. The van der Waals surface area contributed by atoms with Gasteiger partial charge >= 0.3 is 0 Å². The minimum atomic E-state index is -0.763. The molecule has 4 rings (SSSR count). The summed E-state index contributed by atoms with van der Waals surface area (Å²) in [5.41, 5.74) is 1.50. The van der Waals surface area contributed by atoms with Crippen LogP contribution in [0.5, 0.6) is 0 Å². The number of methoxy groups -OCH3 is 1. The highest BCUT2D eigenvalue weighted by molar-refractivity contribution is 5.80. The van der Waals surface area contributed by atoms with Crippen LogP contribution in [0, 0.1) is 11.3 Å². The molecule has 3 heterocycles. The minimum absolute atomic E-state index is 0.0686. The molecule has 0 N–H and O–H groups in total. The van der Waals surface area contributed by atoms with Crippen LogP contribution in [0.3, 0.4) is 0 Å². The molecular weight excluding hydrogens is 345 g/mol. The van der Waals surface area contributed by atoms with E-state index in [9.17, 15) is 9.18 Å². The number of hydrogen-bond acceptors (Lipinski definition) is 4. The lowest BCUT2D eigenvalue weighted by Gasteiger charge is -2.42. The third-order valence-electron chi connectivity index (χ3n) is 6.76. The van der Waals surface area contributed by atoms with Crippen LogP contribution in [-0.2, 0) is 16.1 Å². The number of piperidine rings is 1. The topological polar surface area (TPSA) is 45.7 Å². The van der Waals surface area contributed by atoms with Gasteiger partial charge in [0, 0.05) is 57.6 Å². The summed E-state index contributed by atoms with van der Waals surface area (Å²) in [7, 11) is 1.77. The van der Waals surface area contributed by atoms with Gasteiger partial charge in [0.25, 0.3) is 0 Å². The number of pyridine rings is 1. The fourth-order valence-corrected chi connectivity index (χ4v) is 5.09. The monoisotopic (exact) mass is 375 g/mol. The van der Waals surface area contributed by atoms with Gasteiger partial charge in [0.1, 0.15) is 6.17 Å². The van der Waals surface area contributed by atoms with Gasteiger partial charge in [-0.05, 0) is 49.1 Å². The Bertz CT molecular complexity index is 642. The summed E-state index contributed by atoms with van der Waals surface area (Å²) >= 11 is 0. The molecule has 2 saturated heterocycles. The lowest BCUT2D eigenvalue weighted by Crippen LogP contribution is -2.48. The van der Waals surface area contributed by atoms with Crippen LogP contribution in [0.4, 0.5) is 4.39 Å². The van der Waals surface area contributed by atoms with Crippen molar-refractivity contribution in [1.29, 1.82) is 0 Å². The third kappa shape index (κ3) is 4.02. The van der Waals surface area contributed by atoms with Crippen molar-refractivity contribution in [3.63, 3.8) is 0 Å². The fraction of sp³-hybridized carbons (Fsp3) is 0.714. The number of amides is 1. The Morgan fingerprint density at radius 3 is 2.78 bits per heavy atom. The molecule has 1 aromatic heterocycles. The number of likely N-dealkylation sites (tertiary alicyclic amines) is 2. The summed E-state index contributed by atoms with van der Waals surface area (Å²) in [5.74, 6) is 0.110. The predicted molar refractivity (Wildman–Crippen MR) is 101 cm³/mol. The summed E-state index contributed by atoms with van der Waals surface area (Å²) in [6.07, 6.45) is 7.03. The second-order valence-electron chi connectivity index (χ2n) is 8.67. The van der Waals surface area contributed by atoms with Crippen LogP contribution in [0.2, 0.25) is 0 Å². The van der Waals surface area contributed by atoms with Gasteiger partial charge in [-0.1, -0.05) is 6.07 Å². The zero-order valence-electron chi connectivity index (χ0n) is 16.1. The molecule has 0 bridgehead atoms. The molecule has 0 aromatic carbocycles. The second-order valence-corrected chi connectivity index (χ2v) is 8.67. The van der Waals surface area contributed by atoms with E-state index in [1.54, 1.807) is 7.11 Å². The molecule has 3 fully saturated rings. The van der Waals surface area contributed by atoms with Gasteiger partial charge in [0.2, 0.25) is 5.91 Å². The highest BCUT2D eigenvalue weighted by Crippen LogP contribution is 2.44. The largest absolute Gasteiger partial charge is 0.383 e. The van der Waals surface area contributed by atoms with E-state index < -0.39 is 6.17 Å². The van der Waals surface area contributed by atoms with Crippen LogP contribution < -0.4 is 0 Å². The Morgan fingerprint density at radius 2 is 2.15 bits per heavy atom. The van der Waals surface area contributed by atoms with Crippen molar-refractivity contribution < 1.29 is 13.9 Å². The van der Waals surface area contributed by atoms with Crippen molar-refractivity contribution in [2.45, 2.75) is 50.9 Å². The maximum atomic E-state index is 13.1. The van der Waals surface area contributed by atoms with Crippen LogP contribution in [0.1, 0.15) is 37.7 Å². The number of nitrogens with zero attached hydrogens (tertiary/aromatic N) is 3. The first-order valence-corrected chi connectivity index (χ1v) is 10.1. The number of halogens is 1. The van der Waals surface area contributed by atoms with Crippen LogP contribution >= 0.6 is 0 Å². The summed E-state index contributed by atoms with van der Waals surface area (Å²) in [6.45, 7) is 4.31. The first-order chi connectivity index (χ1) is 13.1. The van der Waals surface area contributed by atoms with Gasteiger partial charge in [-0.2, -0.15) is 0 Å². The van der Waals surface area contributed by atoms with E-state index in [1.807, 2.05) is 23.4 Å². The molecule has 148 valence electrons. The highest BCUT2D eigenvalue weighted by Gasteiger charge is 2.47. The Labute approximate surface area is 160 Å². The molecule has 1 saturated carbocycles. The summed E-state index contributed by atoms with van der Waals surface area (Å²) in [6, 6.07) is 4.52. The Morgan fingerprint density at radius 1 is 1.37 bits per heavy atom. The van der Waals surface area contributed by atoms with Crippen LogP contribution in [-0.4, -0.2) is 66.3 Å². The molecule has 0 unspecified atom stereocenters. The third-order valence-corrected chi connectivity index (χ3v) is 6.76. The zero-order chi connectivity index (χ0) is 18.9. The zero-order valence-corrected chi connectivity index (χ0v) is 16.1. The van der Waals surface area contributed by atoms with Gasteiger partial charge in [-0.15, -0.1) is 0 Å². The van der Waals surface area contributed by atoms with E-state index in [4.69, 9.17) is 4.74 Å². The first kappa shape index (κ1) is 18.8. The molecule has 3 aliphatic rings. The number of carbonyl (C=O) groups excluding carboxylic acids is 1. The van der Waals surface area contributed by atoms with Crippen molar-refractivity contribution in [1.82, 2.24) is 14.8 Å². The van der Waals surface area contributed by atoms with E-state index in [-0.39, 0.29) is 17.2 Å². The minimum Gasteiger partial charge on any atom is -0.383 e. The molecule has 1 amide bonds. The highest BCUT2D eigenvalue weighted by atomic mass is 19.1. The molecule has 0 radical (unpaired) electrons. The number of rotatable bonds is 5. The van der Waals surface area contributed by atoms with Crippen molar-refractivity contribution in [2.24, 2.45) is 11.3 Å². The predicted octanol–water partition coefficient (Wildman–Crippen LogP) is 2.66. The first-order valence-electron chi connectivity index (χ1n) is 10.1. The molecule has 27 heavy (non-hydrogen) atoms. The standard InChI is InChI=1S/C21H30FN3O2/c1-27-14-19-11-21(15-25(19)13-16-3-2-6-23-12-16)4-7-24(8-5-21)20(26)17-9-18(22)10-17/h2-3,6,12,17-19H,4-5,7-11,13-15H2,1H3/t17?,18?,19-/m0/s1. The smallest absolute Gasteiger partial charge is 0.225 e. The Kier molecular flexibility index (Phi) is 5.46. The lowest BCUT2D eigenvalue weighted by atomic mass is 9.75. The van der Waals surface area contributed by atoms with Crippen molar-refractivity contribution in [2.75, 3.05) is 33.4 Å². The van der Waals surface area contributed by atoms with Crippen molar-refractivity contribution in [3.8, 4) is 0 Å². The molecule has 5 nitrogen and oxygen atoms in total. The van der Waals surface area contributed by atoms with Crippen molar-refractivity contribution >= 4 is 5.91 Å². The van der Waals surface area contributed by atoms with Crippen LogP contribution in [0.15, 0.2) is 24.5 Å². The number of alkyl halides is 1. The summed E-state index contributed by atoms with van der Waals surface area (Å²) in [5, 5.41) is 0. The number of hydrogen-bond donors (Lipinski definition) is 0. The van der Waals surface area contributed by atoms with Crippen LogP contribution in [0.25, 0.3) is 0 Å². The lowest BCUT2D eigenvalue weighted by molar-refractivity contribution is -0.142. The average molecular weight is 375 g/mol. The maximum Gasteiger partial charge on any atom is 0.225 e. The van der Waals surface area contributed by atoms with Gasteiger partial charge in [-0.25, -0.2) is 4.39 Å². The van der Waals surface area contributed by atoms with Gasteiger partial charge in [0.05, 0.1) is 6.61 Å². The number of carbonyl (C=O) groups is 1. The molecule has 1 aliphatic carbocycles. The van der Waals surface area contributed by atoms with Gasteiger partial charge in [0.15, 0.2) is 0 Å². The Balaban J connectivity index is 1.37. The quantitative estimate of drug-likeness (QED) is 0.794. The van der Waals surface area contributed by atoms with E-state index in [1.165, 1.54) is 5.56 Å². The number of ether oxygens (including phenoxy) is 1. The fourth-order valence-electron chi connectivity index (χ4n) is 5.09. The summed E-state index contributed by atoms with van der Waals surface area (Å²) in [4.78, 5) is 21.3. The molecular formula is C21H30FN3O2. The molecule has 1 spiro atoms. The molecule has 1 aromatic rings. The Hall–Kier alpha value is -1.53. The SMILES string of the molecule is COC[C@@H]1CC2(CCN(C(=O)C3CC(F)C3)CC2)CN1Cc1cccnc1. The molecule has 6 heteroatoms. The number of aromatic nitrogens is 1. The summed E-state index contributed by atoms with van der Waals surface area (Å²) < 4.78 is 18.6. The van der Waals surface area contributed by atoms with Crippen molar-refractivity contribution in [3.05, 3.63) is 30.1 Å². The maximum absolute atomic E-state index is 13.1. The van der Waals surface area contributed by atoms with E-state index in [0.29, 0.717) is 18.9 Å². The van der Waals surface area contributed by atoms with E-state index in [0.717, 1.165) is 52.0 Å². The van der Waals surface area contributed by atoms with Gasteiger partial charge < -0.3 is 9.64 Å².